The SMILES string of the molecule is COC(=O)C1=C[C@H]2CC[C@H]1O2. The van der Waals surface area contributed by atoms with Crippen molar-refractivity contribution in [2.75, 3.05) is 7.11 Å². The molecule has 0 aromatic carbocycles. The van der Waals surface area contributed by atoms with Crippen molar-refractivity contribution in [2.45, 2.75) is 25.0 Å². The Morgan fingerprint density at radius 2 is 2.55 bits per heavy atom. The molecule has 1 fully saturated rings. The second kappa shape index (κ2) is 2.34. The molecule has 11 heavy (non-hydrogen) atoms. The summed E-state index contributed by atoms with van der Waals surface area (Å²) in [6, 6.07) is 0. The number of hydrogen-bond donors (Lipinski definition) is 0. The van der Waals surface area contributed by atoms with Crippen molar-refractivity contribution in [1.82, 2.24) is 0 Å². The maximum absolute atomic E-state index is 11.0. The van der Waals surface area contributed by atoms with Crippen molar-refractivity contribution >= 4 is 5.97 Å². The van der Waals surface area contributed by atoms with Crippen LogP contribution in [0.4, 0.5) is 0 Å². The summed E-state index contributed by atoms with van der Waals surface area (Å²) in [6.45, 7) is 0. The van der Waals surface area contributed by atoms with Gasteiger partial charge in [0.05, 0.1) is 24.9 Å². The highest BCUT2D eigenvalue weighted by atomic mass is 16.5. The number of rotatable bonds is 1. The fourth-order valence-electron chi connectivity index (χ4n) is 1.64. The largest absolute Gasteiger partial charge is 0.466 e. The summed E-state index contributed by atoms with van der Waals surface area (Å²) in [6.07, 6.45) is 4.08. The molecule has 2 atom stereocenters. The van der Waals surface area contributed by atoms with Gasteiger partial charge >= 0.3 is 5.97 Å². The Labute approximate surface area is 65.0 Å². The maximum atomic E-state index is 11.0. The molecule has 2 heterocycles. The van der Waals surface area contributed by atoms with Crippen molar-refractivity contribution in [3.8, 4) is 0 Å². The predicted molar refractivity (Wildman–Crippen MR) is 38.0 cm³/mol. The molecule has 0 saturated carbocycles. The van der Waals surface area contributed by atoms with Gasteiger partial charge in [-0.15, -0.1) is 0 Å². The van der Waals surface area contributed by atoms with Crippen LogP contribution in [0.5, 0.6) is 0 Å². The van der Waals surface area contributed by atoms with E-state index in [1.165, 1.54) is 7.11 Å². The van der Waals surface area contributed by atoms with Gasteiger partial charge in [-0.1, -0.05) is 0 Å². The zero-order valence-electron chi connectivity index (χ0n) is 6.37. The van der Waals surface area contributed by atoms with Crippen LogP contribution in [0.25, 0.3) is 0 Å². The second-order valence-corrected chi connectivity index (χ2v) is 2.85. The van der Waals surface area contributed by atoms with Gasteiger partial charge < -0.3 is 9.47 Å². The number of ether oxygens (including phenoxy) is 2. The predicted octanol–water partition coefficient (Wildman–Crippen LogP) is 0.647. The van der Waals surface area contributed by atoms with Crippen LogP contribution in [-0.4, -0.2) is 25.3 Å². The third-order valence-corrected chi connectivity index (χ3v) is 2.19. The molecule has 0 N–H and O–H groups in total. The fraction of sp³-hybridized carbons (Fsp3) is 0.625. The molecule has 1 saturated heterocycles. The van der Waals surface area contributed by atoms with Crippen LogP contribution >= 0.6 is 0 Å². The van der Waals surface area contributed by atoms with E-state index >= 15 is 0 Å². The first-order valence-electron chi connectivity index (χ1n) is 3.77. The summed E-state index contributed by atoms with van der Waals surface area (Å²) in [7, 11) is 1.40. The maximum Gasteiger partial charge on any atom is 0.336 e. The van der Waals surface area contributed by atoms with E-state index in [0.29, 0.717) is 5.57 Å². The summed E-state index contributed by atoms with van der Waals surface area (Å²) in [5, 5.41) is 0. The summed E-state index contributed by atoms with van der Waals surface area (Å²) in [5.74, 6) is -0.239. The van der Waals surface area contributed by atoms with Crippen molar-refractivity contribution in [3.05, 3.63) is 11.6 Å². The van der Waals surface area contributed by atoms with E-state index < -0.39 is 0 Å². The van der Waals surface area contributed by atoms with Crippen LogP contribution in [0.3, 0.4) is 0 Å². The Bertz CT molecular complexity index is 219. The van der Waals surface area contributed by atoms with Crippen molar-refractivity contribution in [2.24, 2.45) is 0 Å². The number of carbonyl (C=O) groups is 1. The Balaban J connectivity index is 2.16. The lowest BCUT2D eigenvalue weighted by Gasteiger charge is -2.07. The number of esters is 1. The average molecular weight is 154 g/mol. The van der Waals surface area contributed by atoms with Gasteiger partial charge in [0.15, 0.2) is 0 Å². The molecule has 60 valence electrons. The van der Waals surface area contributed by atoms with Crippen molar-refractivity contribution in [3.63, 3.8) is 0 Å². The lowest BCUT2D eigenvalue weighted by Crippen LogP contribution is -2.15. The number of carbonyl (C=O) groups excluding carboxylic acids is 1. The molecule has 0 aromatic rings. The molecular formula is C8H10O3. The molecule has 0 spiro atoms. The lowest BCUT2D eigenvalue weighted by molar-refractivity contribution is -0.137. The monoisotopic (exact) mass is 154 g/mol. The average Bonchev–Trinajstić information content (AvgIpc) is 2.62. The van der Waals surface area contributed by atoms with Crippen LogP contribution in [-0.2, 0) is 14.3 Å². The highest BCUT2D eigenvalue weighted by Crippen LogP contribution is 2.33. The Hall–Kier alpha value is -0.830. The molecule has 2 bridgehead atoms. The molecular weight excluding hydrogens is 144 g/mol. The third kappa shape index (κ3) is 0.959. The summed E-state index contributed by atoms with van der Waals surface area (Å²) in [4.78, 5) is 11.0. The minimum Gasteiger partial charge on any atom is -0.466 e. The second-order valence-electron chi connectivity index (χ2n) is 2.85. The highest BCUT2D eigenvalue weighted by molar-refractivity contribution is 5.90. The Kier molecular flexibility index (Phi) is 1.46. The minimum absolute atomic E-state index is 0.0208. The van der Waals surface area contributed by atoms with Crippen molar-refractivity contribution in [1.29, 1.82) is 0 Å². The van der Waals surface area contributed by atoms with Crippen LogP contribution in [0.1, 0.15) is 12.8 Å². The third-order valence-electron chi connectivity index (χ3n) is 2.19. The lowest BCUT2D eigenvalue weighted by atomic mass is 10.00. The molecule has 2 aliphatic heterocycles. The summed E-state index contributed by atoms with van der Waals surface area (Å²) < 4.78 is 10.0. The van der Waals surface area contributed by atoms with Gasteiger partial charge in [-0.2, -0.15) is 0 Å². The Morgan fingerprint density at radius 1 is 1.73 bits per heavy atom. The normalized spacial score (nSPS) is 33.7. The first-order valence-corrected chi connectivity index (χ1v) is 3.77. The van der Waals surface area contributed by atoms with Crippen LogP contribution in [0.15, 0.2) is 11.6 Å². The van der Waals surface area contributed by atoms with Gasteiger partial charge in [0.2, 0.25) is 0 Å². The number of hydrogen-bond acceptors (Lipinski definition) is 3. The summed E-state index contributed by atoms with van der Waals surface area (Å²) >= 11 is 0. The van der Waals surface area contributed by atoms with Crippen LogP contribution in [0, 0.1) is 0 Å². The molecule has 2 aliphatic rings. The van der Waals surface area contributed by atoms with E-state index in [4.69, 9.17) is 4.74 Å². The smallest absolute Gasteiger partial charge is 0.336 e. The van der Waals surface area contributed by atoms with Gasteiger partial charge in [0, 0.05) is 0 Å². The van der Waals surface area contributed by atoms with Crippen molar-refractivity contribution < 1.29 is 14.3 Å². The summed E-state index contributed by atoms with van der Waals surface area (Å²) in [5.41, 5.74) is 0.712. The van der Waals surface area contributed by atoms with Gasteiger partial charge in [-0.3, -0.25) is 0 Å². The molecule has 3 nitrogen and oxygen atoms in total. The van der Waals surface area contributed by atoms with Crippen LogP contribution < -0.4 is 0 Å². The van der Waals surface area contributed by atoms with E-state index in [9.17, 15) is 4.79 Å². The first kappa shape index (κ1) is 6.85. The zero-order valence-corrected chi connectivity index (χ0v) is 6.37. The quantitative estimate of drug-likeness (QED) is 0.520. The Morgan fingerprint density at radius 3 is 3.00 bits per heavy atom. The molecule has 0 aliphatic carbocycles. The first-order chi connectivity index (χ1) is 5.31. The standard InChI is InChI=1S/C8H10O3/c1-10-8(9)6-4-5-2-3-7(6)11-5/h4-5,7H,2-3H2,1H3/t5-,7-/m1/s1. The van der Waals surface area contributed by atoms with Gasteiger partial charge in [-0.25, -0.2) is 4.79 Å². The minimum atomic E-state index is -0.239. The van der Waals surface area contributed by atoms with Gasteiger partial charge in [0.25, 0.3) is 0 Å². The van der Waals surface area contributed by atoms with E-state index in [1.807, 2.05) is 6.08 Å². The molecule has 2 rings (SSSR count). The number of methoxy groups -OCH3 is 1. The molecule has 0 aromatic heterocycles. The van der Waals surface area contributed by atoms with E-state index in [0.717, 1.165) is 12.8 Å². The molecule has 0 amide bonds. The molecule has 0 unspecified atom stereocenters. The molecule has 3 heteroatoms. The van der Waals surface area contributed by atoms with E-state index in [1.54, 1.807) is 0 Å². The zero-order chi connectivity index (χ0) is 7.84. The highest BCUT2D eigenvalue weighted by Gasteiger charge is 2.37. The van der Waals surface area contributed by atoms with E-state index in [-0.39, 0.29) is 18.2 Å². The van der Waals surface area contributed by atoms with E-state index in [2.05, 4.69) is 4.74 Å². The van der Waals surface area contributed by atoms with Gasteiger partial charge in [0.1, 0.15) is 0 Å². The molecule has 0 radical (unpaired) electrons. The fourth-order valence-corrected chi connectivity index (χ4v) is 1.64. The van der Waals surface area contributed by atoms with Crippen LogP contribution in [0.2, 0.25) is 0 Å². The number of fused-ring (bicyclic) bond motifs is 2. The topological polar surface area (TPSA) is 35.5 Å². The van der Waals surface area contributed by atoms with Gasteiger partial charge in [-0.05, 0) is 18.9 Å².